The topological polar surface area (TPSA) is 88.5 Å². The summed E-state index contributed by atoms with van der Waals surface area (Å²) in [6.45, 7) is 6.75. The van der Waals surface area contributed by atoms with Crippen LogP contribution in [-0.4, -0.2) is 68.3 Å². The molecule has 1 N–H and O–H groups in total. The highest BCUT2D eigenvalue weighted by Gasteiger charge is 2.47. The molecule has 2 fully saturated rings. The fourth-order valence-corrected chi connectivity index (χ4v) is 5.31. The van der Waals surface area contributed by atoms with Crippen molar-refractivity contribution in [3.05, 3.63) is 58.1 Å². The third kappa shape index (κ3) is 5.13. The van der Waals surface area contributed by atoms with Crippen LogP contribution in [0.25, 0.3) is 5.76 Å². The first kappa shape index (κ1) is 26.8. The monoisotopic (exact) mass is 528 g/mol. The van der Waals surface area contributed by atoms with E-state index in [1.807, 2.05) is 24.3 Å². The molecule has 0 spiro atoms. The number of benzene rings is 2. The van der Waals surface area contributed by atoms with Gasteiger partial charge in [0.2, 0.25) is 0 Å². The first-order chi connectivity index (χ1) is 17.8. The molecule has 2 aliphatic rings. The van der Waals surface area contributed by atoms with Crippen LogP contribution in [-0.2, 0) is 14.3 Å². The molecule has 0 bridgehead atoms. The molecule has 37 heavy (non-hydrogen) atoms. The Bertz CT molecular complexity index is 1190. The summed E-state index contributed by atoms with van der Waals surface area (Å²) in [7, 11) is 2.91. The van der Waals surface area contributed by atoms with Crippen LogP contribution >= 0.6 is 11.6 Å². The van der Waals surface area contributed by atoms with E-state index < -0.39 is 17.7 Å². The highest BCUT2D eigenvalue weighted by atomic mass is 35.5. The second kappa shape index (κ2) is 11.4. The number of anilines is 1. The lowest BCUT2D eigenvalue weighted by molar-refractivity contribution is -0.140. The number of hydrogen-bond donors (Lipinski definition) is 1. The summed E-state index contributed by atoms with van der Waals surface area (Å²) in [5, 5.41) is 11.7. The van der Waals surface area contributed by atoms with Crippen molar-refractivity contribution < 1.29 is 28.9 Å². The lowest BCUT2D eigenvalue weighted by Gasteiger charge is -2.28. The molecule has 2 aromatic rings. The molecule has 4 rings (SSSR count). The Morgan fingerprint density at radius 2 is 1.78 bits per heavy atom. The SMILES string of the molecule is CCN(CC)c1ccc(C2/C(=C(\O)c3cc(Cl)c(OC)cc3OC)C(=O)C(=O)N2CC2CCCO2)cc1. The molecule has 1 amide bonds. The van der Waals surface area contributed by atoms with Crippen molar-refractivity contribution in [3.8, 4) is 11.5 Å². The Hall–Kier alpha value is -3.23. The summed E-state index contributed by atoms with van der Waals surface area (Å²) in [6, 6.07) is 9.96. The van der Waals surface area contributed by atoms with E-state index >= 15 is 0 Å². The highest BCUT2D eigenvalue weighted by Crippen LogP contribution is 2.43. The van der Waals surface area contributed by atoms with Gasteiger partial charge in [0.15, 0.2) is 0 Å². The number of nitrogens with zero attached hydrogens (tertiary/aromatic N) is 2. The summed E-state index contributed by atoms with van der Waals surface area (Å²) in [5.74, 6) is -1.17. The van der Waals surface area contributed by atoms with E-state index in [-0.39, 0.29) is 40.3 Å². The molecule has 9 heteroatoms. The van der Waals surface area contributed by atoms with E-state index in [0.29, 0.717) is 17.9 Å². The van der Waals surface area contributed by atoms with E-state index in [0.717, 1.165) is 31.6 Å². The number of likely N-dealkylation sites (tertiary alicyclic amines) is 1. The van der Waals surface area contributed by atoms with Gasteiger partial charge in [-0.2, -0.15) is 0 Å². The summed E-state index contributed by atoms with van der Waals surface area (Å²) >= 11 is 6.35. The van der Waals surface area contributed by atoms with Crippen molar-refractivity contribution in [2.75, 3.05) is 45.4 Å². The number of Topliss-reactive ketones (excluding diaryl/α,β-unsaturated/α-hetero) is 1. The van der Waals surface area contributed by atoms with Crippen LogP contribution in [0.2, 0.25) is 5.02 Å². The van der Waals surface area contributed by atoms with Crippen LogP contribution in [0.3, 0.4) is 0 Å². The average Bonchev–Trinajstić information content (AvgIpc) is 3.51. The Morgan fingerprint density at radius 1 is 1.11 bits per heavy atom. The summed E-state index contributed by atoms with van der Waals surface area (Å²) in [4.78, 5) is 30.4. The van der Waals surface area contributed by atoms with Gasteiger partial charge in [0.1, 0.15) is 17.3 Å². The molecular weight excluding hydrogens is 496 g/mol. The zero-order valence-corrected chi connectivity index (χ0v) is 22.4. The number of halogens is 1. The summed E-state index contributed by atoms with van der Waals surface area (Å²) in [5.41, 5.74) is 1.94. The van der Waals surface area contributed by atoms with Gasteiger partial charge in [-0.1, -0.05) is 23.7 Å². The number of methoxy groups -OCH3 is 2. The van der Waals surface area contributed by atoms with E-state index in [9.17, 15) is 14.7 Å². The van der Waals surface area contributed by atoms with Crippen LogP contribution in [0.5, 0.6) is 11.5 Å². The predicted molar refractivity (Wildman–Crippen MR) is 143 cm³/mol. The molecule has 198 valence electrons. The van der Waals surface area contributed by atoms with Gasteiger partial charge >= 0.3 is 0 Å². The van der Waals surface area contributed by atoms with Crippen LogP contribution < -0.4 is 14.4 Å². The highest BCUT2D eigenvalue weighted by molar-refractivity contribution is 6.46. The minimum Gasteiger partial charge on any atom is -0.507 e. The quantitative estimate of drug-likeness (QED) is 0.284. The maximum absolute atomic E-state index is 13.4. The van der Waals surface area contributed by atoms with Crippen molar-refractivity contribution in [2.45, 2.75) is 38.8 Å². The van der Waals surface area contributed by atoms with E-state index in [1.54, 1.807) is 0 Å². The van der Waals surface area contributed by atoms with Crippen LogP contribution in [0.1, 0.15) is 43.9 Å². The van der Waals surface area contributed by atoms with E-state index in [4.69, 9.17) is 25.8 Å². The van der Waals surface area contributed by atoms with Gasteiger partial charge in [-0.15, -0.1) is 0 Å². The maximum Gasteiger partial charge on any atom is 0.295 e. The summed E-state index contributed by atoms with van der Waals surface area (Å²) in [6.07, 6.45) is 1.54. The Labute approximate surface area is 222 Å². The number of hydrogen-bond acceptors (Lipinski definition) is 7. The van der Waals surface area contributed by atoms with Gasteiger partial charge in [0.05, 0.1) is 42.5 Å². The van der Waals surface area contributed by atoms with E-state index in [2.05, 4.69) is 18.7 Å². The number of aliphatic hydroxyl groups excluding tert-OH is 1. The van der Waals surface area contributed by atoms with Crippen molar-refractivity contribution in [1.29, 1.82) is 0 Å². The molecule has 8 nitrogen and oxygen atoms in total. The third-order valence-corrected chi connectivity index (χ3v) is 7.33. The maximum atomic E-state index is 13.4. The van der Waals surface area contributed by atoms with Gasteiger partial charge in [0, 0.05) is 38.0 Å². The van der Waals surface area contributed by atoms with Crippen molar-refractivity contribution >= 4 is 34.7 Å². The van der Waals surface area contributed by atoms with Gasteiger partial charge < -0.3 is 29.1 Å². The number of carbonyl (C=O) groups excluding carboxylic acids is 2. The van der Waals surface area contributed by atoms with Crippen molar-refractivity contribution in [3.63, 3.8) is 0 Å². The van der Waals surface area contributed by atoms with E-state index in [1.165, 1.54) is 31.3 Å². The predicted octanol–water partition coefficient (Wildman–Crippen LogP) is 4.80. The molecule has 2 saturated heterocycles. The number of carbonyl (C=O) groups is 2. The van der Waals surface area contributed by atoms with Crippen molar-refractivity contribution in [2.24, 2.45) is 0 Å². The van der Waals surface area contributed by atoms with Crippen LogP contribution in [0.15, 0.2) is 42.0 Å². The first-order valence-electron chi connectivity index (χ1n) is 12.5. The van der Waals surface area contributed by atoms with Crippen LogP contribution in [0, 0.1) is 0 Å². The lowest BCUT2D eigenvalue weighted by Crippen LogP contribution is -2.36. The first-order valence-corrected chi connectivity index (χ1v) is 12.9. The molecule has 0 aromatic heterocycles. The van der Waals surface area contributed by atoms with Crippen molar-refractivity contribution in [1.82, 2.24) is 4.90 Å². The molecular formula is C28H33ClN2O6. The second-order valence-corrected chi connectivity index (χ2v) is 9.44. The Balaban J connectivity index is 1.85. The average molecular weight is 529 g/mol. The Morgan fingerprint density at radius 3 is 2.35 bits per heavy atom. The number of rotatable bonds is 9. The zero-order valence-electron chi connectivity index (χ0n) is 21.6. The smallest absolute Gasteiger partial charge is 0.295 e. The minimum absolute atomic E-state index is 0.0156. The van der Waals surface area contributed by atoms with Gasteiger partial charge in [0.25, 0.3) is 11.7 Å². The molecule has 2 unspecified atom stereocenters. The standard InChI is InChI=1S/C28H33ClN2O6/c1-5-30(6-2)18-11-9-17(10-12-18)25-24(27(33)28(34)31(25)16-19-8-7-13-37-19)26(32)20-14-21(29)23(36-4)15-22(20)35-3/h9-12,14-15,19,25,32H,5-8,13,16H2,1-4H3/b26-24+. The number of ether oxygens (including phenoxy) is 3. The summed E-state index contributed by atoms with van der Waals surface area (Å²) < 4.78 is 16.5. The number of ketones is 1. The number of amides is 1. The van der Waals surface area contributed by atoms with Gasteiger partial charge in [-0.05, 0) is 50.5 Å². The second-order valence-electron chi connectivity index (χ2n) is 9.04. The molecule has 0 radical (unpaired) electrons. The van der Waals surface area contributed by atoms with Crippen LogP contribution in [0.4, 0.5) is 5.69 Å². The largest absolute Gasteiger partial charge is 0.507 e. The third-order valence-electron chi connectivity index (χ3n) is 7.03. The fourth-order valence-electron chi connectivity index (χ4n) is 5.07. The molecule has 2 aromatic carbocycles. The molecule has 2 heterocycles. The molecule has 2 atom stereocenters. The fraction of sp³-hybridized carbons (Fsp3) is 0.429. The molecule has 0 aliphatic carbocycles. The zero-order chi connectivity index (χ0) is 26.7. The molecule has 0 saturated carbocycles. The van der Waals surface area contributed by atoms with Gasteiger partial charge in [-0.25, -0.2) is 0 Å². The minimum atomic E-state index is -0.791. The van der Waals surface area contributed by atoms with Gasteiger partial charge in [-0.3, -0.25) is 9.59 Å². The number of aliphatic hydroxyl groups is 1. The Kier molecular flexibility index (Phi) is 8.29. The molecule has 2 aliphatic heterocycles. The normalized spacial score (nSPS) is 20.9. The lowest BCUT2D eigenvalue weighted by atomic mass is 9.94.